The summed E-state index contributed by atoms with van der Waals surface area (Å²) in [4.78, 5) is 38.7. The van der Waals surface area contributed by atoms with Crippen LogP contribution >= 0.6 is 11.8 Å². The first-order valence-electron chi connectivity index (χ1n) is 10.5. The highest BCUT2D eigenvalue weighted by atomic mass is 32.2. The van der Waals surface area contributed by atoms with Crippen LogP contribution in [0.15, 0.2) is 70.1 Å². The number of aromatic nitrogens is 1. The molecule has 0 aliphatic heterocycles. The molecule has 34 heavy (non-hydrogen) atoms. The first kappa shape index (κ1) is 25.0. The molecule has 0 saturated carbocycles. The number of thioether (sulfide) groups is 1. The summed E-state index contributed by atoms with van der Waals surface area (Å²) in [7, 11) is 1.55. The van der Waals surface area contributed by atoms with E-state index in [-0.39, 0.29) is 23.0 Å². The number of hydrogen-bond donors (Lipinski definition) is 2. The van der Waals surface area contributed by atoms with Crippen molar-refractivity contribution in [3.63, 3.8) is 0 Å². The third-order valence-electron chi connectivity index (χ3n) is 4.54. The van der Waals surface area contributed by atoms with Gasteiger partial charge in [0.15, 0.2) is 5.82 Å². The summed E-state index contributed by atoms with van der Waals surface area (Å²) in [5.41, 5.74) is 0.749. The molecule has 3 aromatic rings. The summed E-state index contributed by atoms with van der Waals surface area (Å²) in [5, 5.41) is 9.09. The second kappa shape index (κ2) is 12.6. The van der Waals surface area contributed by atoms with Crippen molar-refractivity contribution in [2.75, 3.05) is 31.3 Å². The van der Waals surface area contributed by atoms with Crippen LogP contribution in [-0.4, -0.2) is 49.0 Å². The Balaban J connectivity index is 1.74. The molecule has 2 aromatic carbocycles. The maximum absolute atomic E-state index is 13.1. The van der Waals surface area contributed by atoms with Gasteiger partial charge in [0.1, 0.15) is 5.76 Å². The average Bonchev–Trinajstić information content (AvgIpc) is 3.26. The number of anilines is 1. The van der Waals surface area contributed by atoms with E-state index in [1.165, 1.54) is 11.8 Å². The third kappa shape index (κ3) is 7.19. The lowest BCUT2D eigenvalue weighted by atomic mass is 10.1. The minimum atomic E-state index is -1.22. The third-order valence-corrected chi connectivity index (χ3v) is 5.61. The average molecular weight is 484 g/mol. The van der Waals surface area contributed by atoms with Crippen molar-refractivity contribution >= 4 is 35.4 Å². The van der Waals surface area contributed by atoms with Gasteiger partial charge in [-0.15, -0.1) is 11.8 Å². The molecule has 3 rings (SSSR count). The van der Waals surface area contributed by atoms with E-state index in [1.807, 2.05) is 0 Å². The van der Waals surface area contributed by atoms with Crippen LogP contribution < -0.4 is 10.6 Å². The second-order valence-corrected chi connectivity index (χ2v) is 8.15. The van der Waals surface area contributed by atoms with E-state index in [0.29, 0.717) is 29.4 Å². The number of carbonyl (C=O) groups is 3. The maximum atomic E-state index is 13.1. The molecule has 1 unspecified atom stereocenters. The summed E-state index contributed by atoms with van der Waals surface area (Å²) in [5.74, 6) is -0.591. The first-order valence-corrected chi connectivity index (χ1v) is 11.4. The Labute approximate surface area is 201 Å². The smallest absolute Gasteiger partial charge is 0.340 e. The number of rotatable bonds is 11. The van der Waals surface area contributed by atoms with E-state index < -0.39 is 18.0 Å². The molecule has 0 aliphatic carbocycles. The minimum Gasteiger partial charge on any atom is -0.444 e. The lowest BCUT2D eigenvalue weighted by Crippen LogP contribution is -2.28. The minimum absolute atomic E-state index is 0.113. The van der Waals surface area contributed by atoms with Gasteiger partial charge in [-0.05, 0) is 19.1 Å². The maximum Gasteiger partial charge on any atom is 0.340 e. The number of aryl methyl sites for hydroxylation is 1. The Hall–Kier alpha value is -3.63. The number of methoxy groups -OCH3 is 1. The molecule has 178 valence electrons. The first-order chi connectivity index (χ1) is 16.5. The van der Waals surface area contributed by atoms with Gasteiger partial charge in [0.2, 0.25) is 12.0 Å². The van der Waals surface area contributed by atoms with E-state index in [2.05, 4.69) is 15.8 Å². The Morgan fingerprint density at radius 1 is 1.09 bits per heavy atom. The van der Waals surface area contributed by atoms with Crippen LogP contribution in [-0.2, 0) is 19.1 Å². The molecule has 2 N–H and O–H groups in total. The molecule has 0 spiro atoms. The molecule has 1 atom stereocenters. The topological polar surface area (TPSA) is 120 Å². The van der Waals surface area contributed by atoms with Gasteiger partial charge in [0, 0.05) is 30.2 Å². The number of esters is 1. The molecule has 0 bridgehead atoms. The molecule has 9 nitrogen and oxygen atoms in total. The molecule has 1 aromatic heterocycles. The normalized spacial score (nSPS) is 11.5. The molecule has 2 amide bonds. The van der Waals surface area contributed by atoms with Gasteiger partial charge in [-0.3, -0.25) is 9.59 Å². The van der Waals surface area contributed by atoms with Crippen LogP contribution in [0, 0.1) is 6.92 Å². The van der Waals surface area contributed by atoms with E-state index in [9.17, 15) is 14.4 Å². The lowest BCUT2D eigenvalue weighted by Gasteiger charge is -2.18. The molecular formula is C24H25N3O6S. The Morgan fingerprint density at radius 3 is 2.53 bits per heavy atom. The number of hydrogen-bond acceptors (Lipinski definition) is 8. The summed E-state index contributed by atoms with van der Waals surface area (Å²) >= 11 is 1.20. The fourth-order valence-corrected chi connectivity index (χ4v) is 3.81. The zero-order chi connectivity index (χ0) is 24.3. The highest BCUT2D eigenvalue weighted by Gasteiger charge is 2.27. The highest BCUT2D eigenvalue weighted by Crippen LogP contribution is 2.27. The summed E-state index contributed by atoms with van der Waals surface area (Å²) < 4.78 is 15.5. The molecule has 10 heteroatoms. The van der Waals surface area contributed by atoms with E-state index in [1.54, 1.807) is 74.7 Å². The molecular weight excluding hydrogens is 458 g/mol. The Morgan fingerprint density at radius 2 is 1.82 bits per heavy atom. The quantitative estimate of drug-likeness (QED) is 0.242. The second-order valence-electron chi connectivity index (χ2n) is 7.14. The van der Waals surface area contributed by atoms with Gasteiger partial charge in [0.05, 0.1) is 17.9 Å². The van der Waals surface area contributed by atoms with Gasteiger partial charge < -0.3 is 24.6 Å². The van der Waals surface area contributed by atoms with Gasteiger partial charge in [-0.2, -0.15) is 0 Å². The Kier molecular flexibility index (Phi) is 9.24. The van der Waals surface area contributed by atoms with Gasteiger partial charge in [-0.25, -0.2) is 4.79 Å². The van der Waals surface area contributed by atoms with Crippen molar-refractivity contribution in [1.82, 2.24) is 10.5 Å². The predicted molar refractivity (Wildman–Crippen MR) is 127 cm³/mol. The van der Waals surface area contributed by atoms with Gasteiger partial charge in [-0.1, -0.05) is 47.6 Å². The van der Waals surface area contributed by atoms with Crippen LogP contribution in [0.25, 0.3) is 0 Å². The van der Waals surface area contributed by atoms with Crippen molar-refractivity contribution < 1.29 is 28.4 Å². The van der Waals surface area contributed by atoms with Gasteiger partial charge >= 0.3 is 5.97 Å². The monoisotopic (exact) mass is 483 g/mol. The molecule has 1 heterocycles. The molecule has 0 saturated heterocycles. The molecule has 0 aliphatic rings. The van der Waals surface area contributed by atoms with Crippen LogP contribution in [0.1, 0.15) is 27.8 Å². The van der Waals surface area contributed by atoms with Crippen molar-refractivity contribution in [3.8, 4) is 0 Å². The summed E-state index contributed by atoms with van der Waals surface area (Å²) in [6.45, 7) is 2.51. The highest BCUT2D eigenvalue weighted by molar-refractivity contribution is 8.00. The fraction of sp³-hybridized carbons (Fsp3) is 0.250. The van der Waals surface area contributed by atoms with E-state index >= 15 is 0 Å². The van der Waals surface area contributed by atoms with Crippen LogP contribution in [0.5, 0.6) is 0 Å². The van der Waals surface area contributed by atoms with Crippen molar-refractivity contribution in [3.05, 3.63) is 77.6 Å². The summed E-state index contributed by atoms with van der Waals surface area (Å²) in [6, 6.07) is 17.0. The zero-order valence-corrected chi connectivity index (χ0v) is 19.6. The van der Waals surface area contributed by atoms with Gasteiger partial charge in [0.25, 0.3) is 5.91 Å². The largest absolute Gasteiger partial charge is 0.444 e. The van der Waals surface area contributed by atoms with Crippen LogP contribution in [0.4, 0.5) is 5.82 Å². The number of carbonyl (C=O) groups excluding carboxylic acids is 3. The van der Waals surface area contributed by atoms with E-state index in [4.69, 9.17) is 14.0 Å². The summed E-state index contributed by atoms with van der Waals surface area (Å²) in [6.07, 6.45) is -1.22. The van der Waals surface area contributed by atoms with Crippen LogP contribution in [0.2, 0.25) is 0 Å². The van der Waals surface area contributed by atoms with Crippen molar-refractivity contribution in [2.45, 2.75) is 17.9 Å². The Bertz CT molecular complexity index is 1120. The number of ether oxygens (including phenoxy) is 2. The molecule has 0 fully saturated rings. The fourth-order valence-electron chi connectivity index (χ4n) is 2.94. The number of nitrogens with one attached hydrogen (secondary N) is 2. The van der Waals surface area contributed by atoms with E-state index in [0.717, 1.165) is 0 Å². The van der Waals surface area contributed by atoms with Crippen LogP contribution in [0.3, 0.4) is 0 Å². The lowest BCUT2D eigenvalue weighted by molar-refractivity contribution is -0.125. The van der Waals surface area contributed by atoms with Crippen molar-refractivity contribution in [1.29, 1.82) is 0 Å². The number of benzene rings is 2. The van der Waals surface area contributed by atoms with Crippen molar-refractivity contribution in [2.24, 2.45) is 0 Å². The predicted octanol–water partition coefficient (Wildman–Crippen LogP) is 3.37. The standard InChI is InChI=1S/C24H25N3O6S/c1-16-14-20(27-33-16)26-23(29)22(17-8-4-3-5-9-17)32-24(30)18-10-6-7-11-19(18)34-15-21(28)25-12-13-31-2/h3-11,14,22H,12-13,15H2,1-2H3,(H,25,28)(H,26,27,29). The number of nitrogens with zero attached hydrogens (tertiary/aromatic N) is 1. The zero-order valence-electron chi connectivity index (χ0n) is 18.8. The number of amides is 2. The SMILES string of the molecule is COCCNC(=O)CSc1ccccc1C(=O)OC(C(=O)Nc1cc(C)on1)c1ccccc1. The molecule has 0 radical (unpaired) electrons.